The van der Waals surface area contributed by atoms with Gasteiger partial charge in [0, 0.05) is 18.9 Å². The lowest BCUT2D eigenvalue weighted by atomic mass is 10.0. The van der Waals surface area contributed by atoms with E-state index >= 15 is 0 Å². The largest absolute Gasteiger partial charge is 0.354 e. The molecule has 3 rings (SSSR count). The van der Waals surface area contributed by atoms with Crippen molar-refractivity contribution in [1.82, 2.24) is 15.2 Å². The molecule has 0 radical (unpaired) electrons. The van der Waals surface area contributed by atoms with E-state index in [0.29, 0.717) is 13.0 Å². The Kier molecular flexibility index (Phi) is 6.57. The SMILES string of the molecule is O=C(Cc1cccnc1)NC[C@@H](c1ccccc1)N1CCCCCC1. The minimum Gasteiger partial charge on any atom is -0.354 e. The van der Waals surface area contributed by atoms with Gasteiger partial charge in [-0.2, -0.15) is 0 Å². The fourth-order valence-electron chi connectivity index (χ4n) is 3.50. The minimum absolute atomic E-state index is 0.0590. The molecule has 25 heavy (non-hydrogen) atoms. The van der Waals surface area contributed by atoms with Gasteiger partial charge in [-0.25, -0.2) is 0 Å². The van der Waals surface area contributed by atoms with Gasteiger partial charge in [0.05, 0.1) is 12.5 Å². The molecule has 4 heteroatoms. The van der Waals surface area contributed by atoms with Crippen molar-refractivity contribution in [2.75, 3.05) is 19.6 Å². The van der Waals surface area contributed by atoms with Gasteiger partial charge < -0.3 is 5.32 Å². The quantitative estimate of drug-likeness (QED) is 0.879. The monoisotopic (exact) mass is 337 g/mol. The lowest BCUT2D eigenvalue weighted by Gasteiger charge is -2.31. The van der Waals surface area contributed by atoms with Gasteiger partial charge in [0.25, 0.3) is 0 Å². The summed E-state index contributed by atoms with van der Waals surface area (Å²) in [6, 6.07) is 14.6. The highest BCUT2D eigenvalue weighted by Gasteiger charge is 2.22. The van der Waals surface area contributed by atoms with Crippen LogP contribution in [0.2, 0.25) is 0 Å². The molecule has 1 fully saturated rings. The molecule has 1 amide bonds. The Bertz CT molecular complexity index is 637. The number of amides is 1. The third-order valence-corrected chi connectivity index (χ3v) is 4.85. The second kappa shape index (κ2) is 9.33. The van der Waals surface area contributed by atoms with Crippen LogP contribution in [0.15, 0.2) is 54.9 Å². The third kappa shape index (κ3) is 5.40. The summed E-state index contributed by atoms with van der Waals surface area (Å²) in [6.07, 6.45) is 8.97. The van der Waals surface area contributed by atoms with Gasteiger partial charge in [0.1, 0.15) is 0 Å². The van der Waals surface area contributed by atoms with Crippen LogP contribution in [-0.2, 0) is 11.2 Å². The van der Waals surface area contributed by atoms with Crippen molar-refractivity contribution in [2.24, 2.45) is 0 Å². The molecule has 4 nitrogen and oxygen atoms in total. The number of carbonyl (C=O) groups excluding carboxylic acids is 1. The molecular formula is C21H27N3O. The first-order valence-electron chi connectivity index (χ1n) is 9.27. The van der Waals surface area contributed by atoms with E-state index in [1.807, 2.05) is 18.2 Å². The smallest absolute Gasteiger partial charge is 0.224 e. The number of hydrogen-bond acceptors (Lipinski definition) is 3. The Balaban J connectivity index is 1.64. The van der Waals surface area contributed by atoms with Crippen LogP contribution in [0.25, 0.3) is 0 Å². The van der Waals surface area contributed by atoms with Crippen molar-refractivity contribution < 1.29 is 4.79 Å². The van der Waals surface area contributed by atoms with E-state index in [1.54, 1.807) is 12.4 Å². The Hall–Kier alpha value is -2.20. The van der Waals surface area contributed by atoms with Crippen molar-refractivity contribution in [3.05, 3.63) is 66.0 Å². The Morgan fingerprint density at radius 1 is 1.04 bits per heavy atom. The van der Waals surface area contributed by atoms with Gasteiger partial charge >= 0.3 is 0 Å². The Morgan fingerprint density at radius 2 is 1.80 bits per heavy atom. The van der Waals surface area contributed by atoms with Gasteiger partial charge in [-0.15, -0.1) is 0 Å². The molecule has 0 aliphatic carbocycles. The van der Waals surface area contributed by atoms with Gasteiger partial charge in [-0.05, 0) is 43.1 Å². The Labute approximate surface area is 150 Å². The van der Waals surface area contributed by atoms with Gasteiger partial charge in [-0.1, -0.05) is 49.2 Å². The highest BCUT2D eigenvalue weighted by molar-refractivity contribution is 5.78. The standard InChI is InChI=1S/C21H27N3O/c25-21(15-18-9-8-12-22-16-18)23-17-20(19-10-4-3-5-11-19)24-13-6-1-2-7-14-24/h3-5,8-12,16,20H,1-2,6-7,13-15,17H2,(H,23,25)/t20-/m0/s1. The molecule has 2 heterocycles. The van der Waals surface area contributed by atoms with Crippen molar-refractivity contribution in [1.29, 1.82) is 0 Å². The summed E-state index contributed by atoms with van der Waals surface area (Å²) in [7, 11) is 0. The summed E-state index contributed by atoms with van der Waals surface area (Å²) in [4.78, 5) is 19.0. The number of pyridine rings is 1. The topological polar surface area (TPSA) is 45.2 Å². The highest BCUT2D eigenvalue weighted by Crippen LogP contribution is 2.23. The van der Waals surface area contributed by atoms with Crippen LogP contribution in [0.5, 0.6) is 0 Å². The van der Waals surface area contributed by atoms with Crippen LogP contribution in [-0.4, -0.2) is 35.4 Å². The second-order valence-electron chi connectivity index (χ2n) is 6.72. The molecule has 132 valence electrons. The lowest BCUT2D eigenvalue weighted by molar-refractivity contribution is -0.120. The number of hydrogen-bond donors (Lipinski definition) is 1. The second-order valence-corrected chi connectivity index (χ2v) is 6.72. The first-order chi connectivity index (χ1) is 12.3. The zero-order valence-corrected chi connectivity index (χ0v) is 14.7. The van der Waals surface area contributed by atoms with E-state index < -0.39 is 0 Å². The van der Waals surface area contributed by atoms with Crippen LogP contribution in [0.1, 0.15) is 42.9 Å². The van der Waals surface area contributed by atoms with Gasteiger partial charge in [0.15, 0.2) is 0 Å². The minimum atomic E-state index is 0.0590. The molecule has 1 aliphatic rings. The molecule has 2 aromatic rings. The van der Waals surface area contributed by atoms with Gasteiger partial charge in [0.2, 0.25) is 5.91 Å². The first kappa shape index (κ1) is 17.6. The molecular weight excluding hydrogens is 310 g/mol. The zero-order valence-electron chi connectivity index (χ0n) is 14.7. The molecule has 0 bridgehead atoms. The first-order valence-corrected chi connectivity index (χ1v) is 9.27. The number of aromatic nitrogens is 1. The van der Waals surface area contributed by atoms with E-state index in [4.69, 9.17) is 0 Å². The fraction of sp³-hybridized carbons (Fsp3) is 0.429. The average molecular weight is 337 g/mol. The summed E-state index contributed by atoms with van der Waals surface area (Å²) in [5, 5.41) is 3.14. The van der Waals surface area contributed by atoms with Crippen molar-refractivity contribution in [3.63, 3.8) is 0 Å². The summed E-state index contributed by atoms with van der Waals surface area (Å²) < 4.78 is 0. The maximum atomic E-state index is 12.3. The molecule has 1 saturated heterocycles. The number of likely N-dealkylation sites (tertiary alicyclic amines) is 1. The molecule has 1 aliphatic heterocycles. The van der Waals surface area contributed by atoms with Gasteiger partial charge in [-0.3, -0.25) is 14.7 Å². The maximum absolute atomic E-state index is 12.3. The van der Waals surface area contributed by atoms with Crippen molar-refractivity contribution in [2.45, 2.75) is 38.1 Å². The van der Waals surface area contributed by atoms with Crippen molar-refractivity contribution in [3.8, 4) is 0 Å². The fourth-order valence-corrected chi connectivity index (χ4v) is 3.50. The van der Waals surface area contributed by atoms with E-state index in [-0.39, 0.29) is 11.9 Å². The summed E-state index contributed by atoms with van der Waals surface area (Å²) >= 11 is 0. The number of benzene rings is 1. The molecule has 0 spiro atoms. The van der Waals surface area contributed by atoms with Crippen LogP contribution in [0.4, 0.5) is 0 Å². The van der Waals surface area contributed by atoms with Crippen LogP contribution in [0, 0.1) is 0 Å². The summed E-state index contributed by atoms with van der Waals surface area (Å²) in [6.45, 7) is 2.87. The van der Waals surface area contributed by atoms with E-state index in [1.165, 1.54) is 31.2 Å². The van der Waals surface area contributed by atoms with E-state index in [9.17, 15) is 4.79 Å². The van der Waals surface area contributed by atoms with Crippen LogP contribution in [0.3, 0.4) is 0 Å². The van der Waals surface area contributed by atoms with E-state index in [2.05, 4.69) is 39.5 Å². The van der Waals surface area contributed by atoms with E-state index in [0.717, 1.165) is 18.7 Å². The molecule has 1 N–H and O–H groups in total. The number of nitrogens with one attached hydrogen (secondary N) is 1. The highest BCUT2D eigenvalue weighted by atomic mass is 16.1. The van der Waals surface area contributed by atoms with Crippen molar-refractivity contribution >= 4 is 5.91 Å². The van der Waals surface area contributed by atoms with Crippen LogP contribution < -0.4 is 5.32 Å². The summed E-state index contributed by atoms with van der Waals surface area (Å²) in [5.74, 6) is 0.0590. The molecule has 1 aromatic heterocycles. The number of nitrogens with zero attached hydrogens (tertiary/aromatic N) is 2. The third-order valence-electron chi connectivity index (χ3n) is 4.85. The normalized spacial score (nSPS) is 16.8. The summed E-state index contributed by atoms with van der Waals surface area (Å²) in [5.41, 5.74) is 2.23. The number of carbonyl (C=O) groups is 1. The molecule has 1 atom stereocenters. The Morgan fingerprint density at radius 3 is 2.48 bits per heavy atom. The van der Waals surface area contributed by atoms with Crippen LogP contribution >= 0.6 is 0 Å². The lowest BCUT2D eigenvalue weighted by Crippen LogP contribution is -2.39. The maximum Gasteiger partial charge on any atom is 0.224 e. The molecule has 0 saturated carbocycles. The number of rotatable bonds is 6. The predicted molar refractivity (Wildman–Crippen MR) is 100 cm³/mol. The molecule has 1 aromatic carbocycles. The molecule has 0 unspecified atom stereocenters. The zero-order chi connectivity index (χ0) is 17.3. The average Bonchev–Trinajstić information content (AvgIpc) is 2.93. The predicted octanol–water partition coefficient (Wildman–Crippen LogP) is 3.36.